The summed E-state index contributed by atoms with van der Waals surface area (Å²) in [6.07, 6.45) is 9.28. The molecule has 1 aromatic rings. The van der Waals surface area contributed by atoms with Crippen molar-refractivity contribution in [3.63, 3.8) is 0 Å². The van der Waals surface area contributed by atoms with E-state index in [-0.39, 0.29) is 0 Å². The first kappa shape index (κ1) is 16.3. The molecule has 0 aromatic heterocycles. The van der Waals surface area contributed by atoms with Crippen LogP contribution in [0.25, 0.3) is 0 Å². The van der Waals surface area contributed by atoms with Gasteiger partial charge in [-0.25, -0.2) is 0 Å². The third-order valence-corrected chi connectivity index (χ3v) is 4.93. The van der Waals surface area contributed by atoms with Gasteiger partial charge in [0.25, 0.3) is 0 Å². The molecule has 3 rings (SSSR count). The summed E-state index contributed by atoms with van der Waals surface area (Å²) in [6.45, 7) is 0.982. The Hall–Kier alpha value is -1.55. The third-order valence-electron chi connectivity index (χ3n) is 4.93. The molecule has 2 bridgehead atoms. The molecule has 4 heteroatoms. The maximum Gasteiger partial charge on any atom is 0.191 e. The van der Waals surface area contributed by atoms with Crippen molar-refractivity contribution >= 4 is 5.96 Å². The second-order valence-corrected chi connectivity index (χ2v) is 6.66. The number of aryl methyl sites for hydroxylation is 1. The highest BCUT2D eigenvalue weighted by Gasteiger charge is 2.40. The molecular formula is C19H29N3O. The zero-order valence-corrected chi connectivity index (χ0v) is 14.1. The van der Waals surface area contributed by atoms with Crippen molar-refractivity contribution in [3.8, 4) is 0 Å². The molecule has 126 valence electrons. The zero-order chi connectivity index (χ0) is 15.9. The molecule has 0 saturated carbocycles. The van der Waals surface area contributed by atoms with E-state index in [2.05, 4.69) is 46.0 Å². The van der Waals surface area contributed by atoms with E-state index in [4.69, 9.17) is 4.74 Å². The lowest BCUT2D eigenvalue weighted by Gasteiger charge is -2.22. The average molecular weight is 315 g/mol. The lowest BCUT2D eigenvalue weighted by molar-refractivity contribution is 0.0992. The van der Waals surface area contributed by atoms with Crippen molar-refractivity contribution in [3.05, 3.63) is 35.9 Å². The SMILES string of the molecule is CN=C(NCCCCCc1ccccc1)NC1CC2CCC1O2. The number of unbranched alkanes of at least 4 members (excludes halogenated alkanes) is 2. The van der Waals surface area contributed by atoms with Crippen molar-refractivity contribution in [2.24, 2.45) is 4.99 Å². The van der Waals surface area contributed by atoms with E-state index < -0.39 is 0 Å². The van der Waals surface area contributed by atoms with Crippen molar-refractivity contribution < 1.29 is 4.74 Å². The van der Waals surface area contributed by atoms with Crippen LogP contribution in [0, 0.1) is 0 Å². The minimum Gasteiger partial charge on any atom is -0.373 e. The monoisotopic (exact) mass is 315 g/mol. The van der Waals surface area contributed by atoms with Crippen LogP contribution in [-0.4, -0.2) is 37.8 Å². The van der Waals surface area contributed by atoms with Crippen LogP contribution in [0.3, 0.4) is 0 Å². The van der Waals surface area contributed by atoms with Crippen molar-refractivity contribution in [2.45, 2.75) is 63.2 Å². The van der Waals surface area contributed by atoms with Crippen molar-refractivity contribution in [2.75, 3.05) is 13.6 Å². The van der Waals surface area contributed by atoms with Crippen LogP contribution in [0.15, 0.2) is 35.3 Å². The number of aliphatic imine (C=N–C) groups is 1. The predicted octanol–water partition coefficient (Wildman–Crippen LogP) is 2.88. The van der Waals surface area contributed by atoms with Crippen LogP contribution in [0.5, 0.6) is 0 Å². The second-order valence-electron chi connectivity index (χ2n) is 6.66. The van der Waals surface area contributed by atoms with Gasteiger partial charge in [-0.1, -0.05) is 36.8 Å². The summed E-state index contributed by atoms with van der Waals surface area (Å²) in [7, 11) is 1.85. The van der Waals surface area contributed by atoms with E-state index in [1.165, 1.54) is 44.1 Å². The maximum absolute atomic E-state index is 5.88. The van der Waals surface area contributed by atoms with Gasteiger partial charge in [0.05, 0.1) is 18.2 Å². The highest BCUT2D eigenvalue weighted by molar-refractivity contribution is 5.80. The summed E-state index contributed by atoms with van der Waals surface area (Å²) in [5, 5.41) is 6.97. The van der Waals surface area contributed by atoms with Gasteiger partial charge >= 0.3 is 0 Å². The molecule has 23 heavy (non-hydrogen) atoms. The Labute approximate surface area is 139 Å². The fraction of sp³-hybridized carbons (Fsp3) is 0.632. The molecule has 0 spiro atoms. The summed E-state index contributed by atoms with van der Waals surface area (Å²) in [4.78, 5) is 4.34. The number of rotatable bonds is 7. The average Bonchev–Trinajstić information content (AvgIpc) is 3.20. The van der Waals surface area contributed by atoms with E-state index in [9.17, 15) is 0 Å². The largest absolute Gasteiger partial charge is 0.373 e. The number of guanidine groups is 1. The van der Waals surface area contributed by atoms with E-state index in [1.807, 2.05) is 7.05 Å². The van der Waals surface area contributed by atoms with Gasteiger partial charge in [-0.3, -0.25) is 4.99 Å². The minimum atomic E-state index is 0.393. The molecule has 1 aromatic carbocycles. The molecule has 2 fully saturated rings. The van der Waals surface area contributed by atoms with Gasteiger partial charge < -0.3 is 15.4 Å². The Bertz CT molecular complexity index is 503. The molecule has 3 atom stereocenters. The Morgan fingerprint density at radius 2 is 2.04 bits per heavy atom. The Kier molecular flexibility index (Phi) is 5.92. The summed E-state index contributed by atoms with van der Waals surface area (Å²) in [5.74, 6) is 0.925. The first-order valence-corrected chi connectivity index (χ1v) is 9.02. The first-order valence-electron chi connectivity index (χ1n) is 9.02. The van der Waals surface area contributed by atoms with Crippen LogP contribution >= 0.6 is 0 Å². The second kappa shape index (κ2) is 8.34. The van der Waals surface area contributed by atoms with Gasteiger partial charge in [0, 0.05) is 13.6 Å². The Morgan fingerprint density at radius 3 is 2.74 bits per heavy atom. The summed E-state index contributed by atoms with van der Waals surface area (Å²) < 4.78 is 5.88. The third kappa shape index (κ3) is 4.71. The molecule has 2 saturated heterocycles. The topological polar surface area (TPSA) is 45.7 Å². The van der Waals surface area contributed by atoms with Crippen LogP contribution in [0.4, 0.5) is 0 Å². The maximum atomic E-state index is 5.88. The zero-order valence-electron chi connectivity index (χ0n) is 14.1. The van der Waals surface area contributed by atoms with Crippen LogP contribution in [0.2, 0.25) is 0 Å². The molecule has 0 aliphatic carbocycles. The molecule has 3 unspecified atom stereocenters. The van der Waals surface area contributed by atoms with E-state index in [1.54, 1.807) is 0 Å². The van der Waals surface area contributed by atoms with Gasteiger partial charge in [0.1, 0.15) is 0 Å². The fourth-order valence-electron chi connectivity index (χ4n) is 3.64. The smallest absolute Gasteiger partial charge is 0.191 e. The number of nitrogens with one attached hydrogen (secondary N) is 2. The number of benzene rings is 1. The highest BCUT2D eigenvalue weighted by Crippen LogP contribution is 2.34. The number of fused-ring (bicyclic) bond motifs is 2. The molecule has 2 aliphatic rings. The first-order chi connectivity index (χ1) is 11.3. The predicted molar refractivity (Wildman–Crippen MR) is 94.8 cm³/mol. The van der Waals surface area contributed by atoms with Gasteiger partial charge in [0.2, 0.25) is 0 Å². The molecule has 2 heterocycles. The molecule has 2 N–H and O–H groups in total. The molecule has 0 amide bonds. The fourth-order valence-corrected chi connectivity index (χ4v) is 3.64. The normalized spacial score (nSPS) is 26.5. The molecule has 4 nitrogen and oxygen atoms in total. The minimum absolute atomic E-state index is 0.393. The van der Waals surface area contributed by atoms with Crippen molar-refractivity contribution in [1.29, 1.82) is 0 Å². The Morgan fingerprint density at radius 1 is 1.17 bits per heavy atom. The standard InChI is InChI=1S/C19H29N3O/c1-20-19(22-17-14-16-11-12-18(17)23-16)21-13-7-3-6-10-15-8-4-2-5-9-15/h2,4-5,8-9,16-18H,3,6-7,10-14H2,1H3,(H2,20,21,22). The molecule has 2 aliphatic heterocycles. The molecule has 0 radical (unpaired) electrons. The molecular weight excluding hydrogens is 286 g/mol. The van der Waals surface area contributed by atoms with Crippen LogP contribution < -0.4 is 10.6 Å². The number of hydrogen-bond acceptors (Lipinski definition) is 2. The van der Waals surface area contributed by atoms with E-state index >= 15 is 0 Å². The van der Waals surface area contributed by atoms with Gasteiger partial charge in [0.15, 0.2) is 5.96 Å². The summed E-state index contributed by atoms with van der Waals surface area (Å²) in [6, 6.07) is 11.2. The quantitative estimate of drug-likeness (QED) is 0.462. The van der Waals surface area contributed by atoms with E-state index in [0.717, 1.165) is 18.9 Å². The van der Waals surface area contributed by atoms with Gasteiger partial charge in [-0.05, 0) is 44.1 Å². The Balaban J connectivity index is 1.27. The number of hydrogen-bond donors (Lipinski definition) is 2. The van der Waals surface area contributed by atoms with Crippen LogP contribution in [-0.2, 0) is 11.2 Å². The van der Waals surface area contributed by atoms with Gasteiger partial charge in [-0.2, -0.15) is 0 Å². The number of ether oxygens (including phenoxy) is 1. The summed E-state index contributed by atoms with van der Waals surface area (Å²) >= 11 is 0. The lowest BCUT2D eigenvalue weighted by atomic mass is 9.96. The van der Waals surface area contributed by atoms with Gasteiger partial charge in [-0.15, -0.1) is 0 Å². The van der Waals surface area contributed by atoms with E-state index in [0.29, 0.717) is 18.2 Å². The number of nitrogens with zero attached hydrogens (tertiary/aromatic N) is 1. The summed E-state index contributed by atoms with van der Waals surface area (Å²) in [5.41, 5.74) is 1.44. The van der Waals surface area contributed by atoms with Crippen molar-refractivity contribution in [1.82, 2.24) is 10.6 Å². The van der Waals surface area contributed by atoms with Crippen LogP contribution in [0.1, 0.15) is 44.1 Å². The lowest BCUT2D eigenvalue weighted by Crippen LogP contribution is -2.47. The highest BCUT2D eigenvalue weighted by atomic mass is 16.5.